The van der Waals surface area contributed by atoms with E-state index in [0.717, 1.165) is 6.42 Å². The first-order valence-corrected chi connectivity index (χ1v) is 13.1. The van der Waals surface area contributed by atoms with Crippen LogP contribution in [0.2, 0.25) is 0 Å². The second-order valence-electron chi connectivity index (χ2n) is 11.0. The number of nitrogens with one attached hydrogen (secondary N) is 1. The number of carboxylic acid groups (broad SMARTS) is 1. The molecule has 1 saturated heterocycles. The van der Waals surface area contributed by atoms with Crippen molar-refractivity contribution in [2.75, 3.05) is 6.54 Å². The molecule has 0 saturated carbocycles. The summed E-state index contributed by atoms with van der Waals surface area (Å²) in [7, 11) is 0. The van der Waals surface area contributed by atoms with Crippen LogP contribution in [-0.2, 0) is 19.7 Å². The van der Waals surface area contributed by atoms with Crippen LogP contribution in [0, 0.1) is 5.92 Å². The summed E-state index contributed by atoms with van der Waals surface area (Å²) >= 11 is 0. The molecule has 0 aromatic heterocycles. The molecule has 7 nitrogen and oxygen atoms in total. The molecule has 2 amide bonds. The molecule has 0 bridgehead atoms. The van der Waals surface area contributed by atoms with Gasteiger partial charge >= 0.3 is 12.1 Å². The minimum Gasteiger partial charge on any atom is -0.480 e. The van der Waals surface area contributed by atoms with Crippen LogP contribution in [0.5, 0.6) is 0 Å². The van der Waals surface area contributed by atoms with Crippen LogP contribution in [0.4, 0.5) is 4.79 Å². The number of carbonyl (C=O) groups is 3. The molecule has 1 fully saturated rings. The first-order chi connectivity index (χ1) is 17.5. The van der Waals surface area contributed by atoms with Crippen LogP contribution in [0.1, 0.15) is 71.4 Å². The Balaban J connectivity index is 1.96. The van der Waals surface area contributed by atoms with Crippen LogP contribution < -0.4 is 5.32 Å². The lowest BCUT2D eigenvalue weighted by Gasteiger charge is -2.38. The topological polar surface area (TPSA) is 95.9 Å². The van der Waals surface area contributed by atoms with Gasteiger partial charge in [0.2, 0.25) is 5.91 Å². The summed E-state index contributed by atoms with van der Waals surface area (Å²) in [6, 6.07) is 17.4. The predicted octanol–water partition coefficient (Wildman–Crippen LogP) is 5.38. The minimum absolute atomic E-state index is 0.117. The van der Waals surface area contributed by atoms with Crippen molar-refractivity contribution in [2.45, 2.75) is 83.4 Å². The zero-order valence-corrected chi connectivity index (χ0v) is 22.6. The first-order valence-electron chi connectivity index (χ1n) is 13.1. The third kappa shape index (κ3) is 6.51. The van der Waals surface area contributed by atoms with Crippen LogP contribution in [0.15, 0.2) is 60.7 Å². The van der Waals surface area contributed by atoms with Crippen molar-refractivity contribution in [1.29, 1.82) is 0 Å². The zero-order valence-electron chi connectivity index (χ0n) is 22.6. The predicted molar refractivity (Wildman–Crippen MR) is 143 cm³/mol. The Kier molecular flexibility index (Phi) is 9.00. The summed E-state index contributed by atoms with van der Waals surface area (Å²) in [6.07, 6.45) is 1.77. The number of amides is 2. The maximum Gasteiger partial charge on any atom is 0.408 e. The van der Waals surface area contributed by atoms with Gasteiger partial charge in [-0.3, -0.25) is 9.59 Å². The second-order valence-corrected chi connectivity index (χ2v) is 11.0. The smallest absolute Gasteiger partial charge is 0.408 e. The Morgan fingerprint density at radius 1 is 1.03 bits per heavy atom. The quantitative estimate of drug-likeness (QED) is 0.474. The summed E-state index contributed by atoms with van der Waals surface area (Å²) < 4.78 is 5.43. The first kappa shape index (κ1) is 28.2. The van der Waals surface area contributed by atoms with Gasteiger partial charge in [-0.05, 0) is 57.1 Å². The summed E-state index contributed by atoms with van der Waals surface area (Å²) in [5, 5.41) is 13.5. The molecule has 1 unspecified atom stereocenters. The average molecular weight is 509 g/mol. The van der Waals surface area contributed by atoms with Crippen molar-refractivity contribution in [2.24, 2.45) is 5.92 Å². The van der Waals surface area contributed by atoms with E-state index in [0.29, 0.717) is 30.5 Å². The van der Waals surface area contributed by atoms with E-state index in [4.69, 9.17) is 4.74 Å². The standard InChI is InChI=1S/C30H40N2O5/c1-6-21(2)25(31-28(36)37-29(3,4)5)26(33)32-19-13-18-24(32)20-30(27(34)35,22-14-9-7-10-15-22)23-16-11-8-12-17-23/h7-12,14-17,21,24-25H,6,13,18-20H2,1-5H3,(H,31,36)(H,34,35)/t21-,24?,25-/m0/s1. The van der Waals surface area contributed by atoms with Crippen LogP contribution in [0.3, 0.4) is 0 Å². The average Bonchev–Trinajstić information content (AvgIpc) is 3.33. The van der Waals surface area contributed by atoms with E-state index in [1.54, 1.807) is 25.7 Å². The zero-order chi connectivity index (χ0) is 27.2. The molecule has 37 heavy (non-hydrogen) atoms. The molecule has 0 radical (unpaired) electrons. The molecule has 1 aliphatic rings. The highest BCUT2D eigenvalue weighted by molar-refractivity contribution is 5.88. The lowest BCUT2D eigenvalue weighted by molar-refractivity contribution is -0.144. The van der Waals surface area contributed by atoms with Gasteiger partial charge in [0.15, 0.2) is 0 Å². The van der Waals surface area contributed by atoms with Crippen molar-refractivity contribution in [3.63, 3.8) is 0 Å². The van der Waals surface area contributed by atoms with Gasteiger partial charge in [-0.25, -0.2) is 4.79 Å². The fraction of sp³-hybridized carbons (Fsp3) is 0.500. The Hall–Kier alpha value is -3.35. The summed E-state index contributed by atoms with van der Waals surface area (Å²) in [4.78, 5) is 41.3. The Morgan fingerprint density at radius 2 is 1.57 bits per heavy atom. The van der Waals surface area contributed by atoms with E-state index in [1.807, 2.05) is 74.5 Å². The van der Waals surface area contributed by atoms with Crippen LogP contribution in [0.25, 0.3) is 0 Å². The number of alkyl carbamates (subject to hydrolysis) is 1. The number of ether oxygens (including phenoxy) is 1. The third-order valence-electron chi connectivity index (χ3n) is 7.25. The molecule has 0 spiro atoms. The molecule has 2 aromatic rings. The maximum atomic E-state index is 13.9. The van der Waals surface area contributed by atoms with E-state index in [9.17, 15) is 19.5 Å². The number of aliphatic carboxylic acids is 1. The number of nitrogens with zero attached hydrogens (tertiary/aromatic N) is 1. The van der Waals surface area contributed by atoms with Gasteiger partial charge < -0.3 is 20.1 Å². The highest BCUT2D eigenvalue weighted by Crippen LogP contribution is 2.40. The summed E-state index contributed by atoms with van der Waals surface area (Å²) in [5.74, 6) is -1.26. The van der Waals surface area contributed by atoms with E-state index < -0.39 is 29.1 Å². The molecule has 200 valence electrons. The van der Waals surface area contributed by atoms with Crippen molar-refractivity contribution in [1.82, 2.24) is 10.2 Å². The Morgan fingerprint density at radius 3 is 2.03 bits per heavy atom. The van der Waals surface area contributed by atoms with Gasteiger partial charge in [0.25, 0.3) is 0 Å². The number of rotatable bonds is 9. The van der Waals surface area contributed by atoms with Gasteiger partial charge in [0, 0.05) is 12.6 Å². The molecular weight excluding hydrogens is 468 g/mol. The molecular formula is C30H40N2O5. The molecule has 1 aliphatic heterocycles. The van der Waals surface area contributed by atoms with Gasteiger partial charge in [-0.15, -0.1) is 0 Å². The van der Waals surface area contributed by atoms with Crippen LogP contribution in [-0.4, -0.2) is 52.2 Å². The van der Waals surface area contributed by atoms with E-state index in [2.05, 4.69) is 5.32 Å². The molecule has 1 heterocycles. The van der Waals surface area contributed by atoms with E-state index in [-0.39, 0.29) is 24.3 Å². The molecule has 2 aromatic carbocycles. The number of hydrogen-bond donors (Lipinski definition) is 2. The van der Waals surface area contributed by atoms with Crippen LogP contribution >= 0.6 is 0 Å². The van der Waals surface area contributed by atoms with Gasteiger partial charge in [-0.2, -0.15) is 0 Å². The minimum atomic E-state index is -1.32. The molecule has 7 heteroatoms. The number of hydrogen-bond acceptors (Lipinski definition) is 4. The lowest BCUT2D eigenvalue weighted by atomic mass is 9.70. The van der Waals surface area contributed by atoms with Gasteiger partial charge in [-0.1, -0.05) is 80.9 Å². The van der Waals surface area contributed by atoms with Crippen molar-refractivity contribution >= 4 is 18.0 Å². The summed E-state index contributed by atoms with van der Waals surface area (Å²) in [6.45, 7) is 9.76. The fourth-order valence-electron chi connectivity index (χ4n) is 5.17. The number of benzene rings is 2. The monoisotopic (exact) mass is 508 g/mol. The SMILES string of the molecule is CC[C@H](C)[C@H](NC(=O)OC(C)(C)C)C(=O)N1CCCC1CC(C(=O)O)(c1ccccc1)c1ccccc1. The maximum absolute atomic E-state index is 13.9. The van der Waals surface area contributed by atoms with E-state index >= 15 is 0 Å². The highest BCUT2D eigenvalue weighted by Gasteiger charge is 2.47. The Bertz CT molecular complexity index is 1020. The van der Waals surface area contributed by atoms with Crippen molar-refractivity contribution in [3.8, 4) is 0 Å². The van der Waals surface area contributed by atoms with Crippen molar-refractivity contribution in [3.05, 3.63) is 71.8 Å². The number of carbonyl (C=O) groups excluding carboxylic acids is 2. The van der Waals surface area contributed by atoms with E-state index in [1.165, 1.54) is 0 Å². The normalized spacial score (nSPS) is 17.6. The molecule has 2 N–H and O–H groups in total. The summed E-state index contributed by atoms with van der Waals surface area (Å²) in [5.41, 5.74) is -0.646. The molecule has 3 rings (SSSR count). The van der Waals surface area contributed by atoms with Crippen molar-refractivity contribution < 1.29 is 24.2 Å². The molecule has 3 atom stereocenters. The largest absolute Gasteiger partial charge is 0.480 e. The third-order valence-corrected chi connectivity index (χ3v) is 7.25. The fourth-order valence-corrected chi connectivity index (χ4v) is 5.17. The number of carboxylic acids is 1. The van der Waals surface area contributed by atoms with Gasteiger partial charge in [0.1, 0.15) is 17.1 Å². The highest BCUT2D eigenvalue weighted by atomic mass is 16.6. The molecule has 0 aliphatic carbocycles. The Labute approximate surface area is 220 Å². The second kappa shape index (κ2) is 11.8. The lowest BCUT2D eigenvalue weighted by Crippen LogP contribution is -2.54. The van der Waals surface area contributed by atoms with Gasteiger partial charge in [0.05, 0.1) is 0 Å². The number of likely N-dealkylation sites (tertiary alicyclic amines) is 1.